The molecule has 510 valence electrons. The molecule has 24 nitrogen and oxygen atoms in total. The van der Waals surface area contributed by atoms with Crippen LogP contribution in [0.5, 0.6) is 0 Å². The molecule has 3 aromatic carbocycles. The number of thiazole rings is 3. The Bertz CT molecular complexity index is 3500. The molecule has 9 rings (SSSR count). The van der Waals surface area contributed by atoms with Gasteiger partial charge in [-0.1, -0.05) is 34.8 Å². The van der Waals surface area contributed by atoms with E-state index in [-0.39, 0.29) is 51.4 Å². The molecule has 6 aromatic rings. The molecule has 6 N–H and O–H groups in total. The Morgan fingerprint density at radius 1 is 0.473 bits per heavy atom. The summed E-state index contributed by atoms with van der Waals surface area (Å²) in [6.07, 6.45) is -10.9. The van der Waals surface area contributed by atoms with E-state index >= 15 is 0 Å². The first-order valence-corrected chi connectivity index (χ1v) is 33.9. The van der Waals surface area contributed by atoms with Crippen molar-refractivity contribution in [3.8, 4) is 0 Å². The van der Waals surface area contributed by atoms with Crippen molar-refractivity contribution < 1.29 is 107 Å². The van der Waals surface area contributed by atoms with Crippen molar-refractivity contribution in [3.63, 3.8) is 0 Å². The molecule has 3 aromatic heterocycles. The van der Waals surface area contributed by atoms with Gasteiger partial charge in [0.2, 0.25) is 17.7 Å². The smallest absolute Gasteiger partial charge is 0.325 e. The molecule has 0 bridgehead atoms. The van der Waals surface area contributed by atoms with Gasteiger partial charge in [-0.3, -0.25) is 28.6 Å². The minimum Gasteiger partial charge on any atom is -0.325 e. The Morgan fingerprint density at radius 2 is 0.720 bits per heavy atom. The number of aromatic nitrogens is 3. The number of hydrogen-bond acceptors (Lipinski definition) is 18. The van der Waals surface area contributed by atoms with Gasteiger partial charge in [0.1, 0.15) is 50.6 Å². The van der Waals surface area contributed by atoms with E-state index in [9.17, 15) is 92.3 Å². The highest BCUT2D eigenvalue weighted by Gasteiger charge is 2.47. The SMILES string of the molecule is O=C(Nc1ccc(F)c(Cl)c1)C1CC(c2nccs2)NS(=O)(=O)N1CCOC(F)(F)F.O=C(Nc1ccc(F)c(Cl)c1)[C@@H]1C[C@H](c2nccs2)NS(=O)(=O)N1CCOC(F)(F)F.O=C(Nc1ccc(F)c(Cl)c1)[C@H]1C[C@@H](c2nccs2)NS(=O)(=O)N1CCOC(F)(F)F. The van der Waals surface area contributed by atoms with E-state index in [1.165, 1.54) is 36.8 Å². The normalized spacial score (nSPS) is 21.7. The van der Waals surface area contributed by atoms with Crippen LogP contribution in [0.3, 0.4) is 0 Å². The monoisotopic (exact) mass is 1510 g/mol. The van der Waals surface area contributed by atoms with Gasteiger partial charge in [0, 0.05) is 71.4 Å². The number of carbonyl (C=O) groups excluding carboxylic acids is 3. The zero-order chi connectivity index (χ0) is 68.4. The van der Waals surface area contributed by atoms with Crippen molar-refractivity contribution in [2.45, 2.75) is 74.6 Å². The zero-order valence-electron chi connectivity index (χ0n) is 46.2. The summed E-state index contributed by atoms with van der Waals surface area (Å²) in [5.41, 5.74) is 0.263. The summed E-state index contributed by atoms with van der Waals surface area (Å²) in [5.74, 6) is -4.67. The van der Waals surface area contributed by atoms with E-state index in [1.807, 2.05) is 0 Å². The molecule has 3 fully saturated rings. The Hall–Kier alpha value is -5.52. The van der Waals surface area contributed by atoms with E-state index < -0.39 is 161 Å². The number of rotatable bonds is 18. The van der Waals surface area contributed by atoms with Crippen molar-refractivity contribution in [3.05, 3.63) is 137 Å². The molecule has 0 radical (unpaired) electrons. The molecule has 3 amide bonds. The van der Waals surface area contributed by atoms with Crippen LogP contribution in [0.25, 0.3) is 0 Å². The van der Waals surface area contributed by atoms with Crippen LogP contribution in [0.15, 0.2) is 89.3 Å². The molecule has 0 saturated carbocycles. The lowest BCUT2D eigenvalue weighted by Gasteiger charge is -2.37. The van der Waals surface area contributed by atoms with Crippen LogP contribution < -0.4 is 30.1 Å². The van der Waals surface area contributed by atoms with Crippen LogP contribution in [0.4, 0.5) is 69.7 Å². The minimum atomic E-state index is -4.96. The Morgan fingerprint density at radius 3 is 0.925 bits per heavy atom. The van der Waals surface area contributed by atoms with Crippen LogP contribution in [0, 0.1) is 17.5 Å². The molecular weight excluding hydrogens is 1460 g/mol. The lowest BCUT2D eigenvalue weighted by molar-refractivity contribution is -0.325. The summed E-state index contributed by atoms with van der Waals surface area (Å²) < 4.78 is 247. The van der Waals surface area contributed by atoms with Crippen LogP contribution in [0.1, 0.15) is 52.4 Å². The van der Waals surface area contributed by atoms with Gasteiger partial charge < -0.3 is 16.0 Å². The first kappa shape index (κ1) is 74.9. The topological polar surface area (TPSA) is 302 Å². The highest BCUT2D eigenvalue weighted by Crippen LogP contribution is 2.35. The quantitative estimate of drug-likeness (QED) is 0.0437. The maximum atomic E-state index is 13.3. The summed E-state index contributed by atoms with van der Waals surface area (Å²) in [7, 11) is -13.1. The second kappa shape index (κ2) is 31.6. The highest BCUT2D eigenvalue weighted by atomic mass is 35.5. The van der Waals surface area contributed by atoms with E-state index in [0.717, 1.165) is 70.4 Å². The molecule has 3 aliphatic rings. The lowest BCUT2D eigenvalue weighted by Crippen LogP contribution is -2.58. The largest absolute Gasteiger partial charge is 0.522 e. The molecule has 3 saturated heterocycles. The van der Waals surface area contributed by atoms with Crippen molar-refractivity contribution >= 4 is 134 Å². The summed E-state index contributed by atoms with van der Waals surface area (Å²) in [4.78, 5) is 50.7. The molecule has 45 heteroatoms. The van der Waals surface area contributed by atoms with Crippen molar-refractivity contribution in [1.82, 2.24) is 42.0 Å². The molecule has 2 unspecified atom stereocenters. The van der Waals surface area contributed by atoms with Gasteiger partial charge in [0.25, 0.3) is 30.6 Å². The van der Waals surface area contributed by atoms with Crippen molar-refractivity contribution in [2.75, 3.05) is 55.4 Å². The van der Waals surface area contributed by atoms with Gasteiger partial charge in [-0.2, -0.15) is 52.3 Å². The maximum Gasteiger partial charge on any atom is 0.522 e. The average molecular weight is 1510 g/mol. The second-order valence-corrected chi connectivity index (χ2v) is 27.9. The minimum absolute atomic E-state index is 0.0876. The number of amides is 3. The summed E-state index contributed by atoms with van der Waals surface area (Å²) in [6.45, 7) is -5.25. The highest BCUT2D eigenvalue weighted by molar-refractivity contribution is 7.87. The Labute approximate surface area is 546 Å². The second-order valence-electron chi connectivity index (χ2n) is 19.0. The summed E-state index contributed by atoms with van der Waals surface area (Å²) in [6, 6.07) is 3.27. The number of nitrogens with one attached hydrogen (secondary N) is 6. The number of halogens is 15. The lowest BCUT2D eigenvalue weighted by atomic mass is 10.1. The van der Waals surface area contributed by atoms with Crippen LogP contribution in [0.2, 0.25) is 15.1 Å². The number of benzene rings is 3. The third-order valence-corrected chi connectivity index (χ3v) is 21.1. The number of hydrogen-bond donors (Lipinski definition) is 6. The molecule has 6 atom stereocenters. The summed E-state index contributed by atoms with van der Waals surface area (Å²) in [5, 5.41) is 12.4. The number of carbonyl (C=O) groups is 3. The Balaban J connectivity index is 0.000000198. The van der Waals surface area contributed by atoms with Gasteiger partial charge in [-0.25, -0.2) is 28.1 Å². The molecule has 3 aliphatic heterocycles. The number of alkyl halides is 9. The predicted molar refractivity (Wildman–Crippen MR) is 312 cm³/mol. The van der Waals surface area contributed by atoms with Gasteiger partial charge in [0.15, 0.2) is 0 Å². The van der Waals surface area contributed by atoms with Crippen LogP contribution >= 0.6 is 68.8 Å². The van der Waals surface area contributed by atoms with Crippen molar-refractivity contribution in [1.29, 1.82) is 0 Å². The van der Waals surface area contributed by atoms with Gasteiger partial charge in [0.05, 0.1) is 53.0 Å². The van der Waals surface area contributed by atoms with Crippen LogP contribution in [-0.2, 0) is 59.2 Å². The molecule has 0 aliphatic carbocycles. The number of ether oxygens (including phenoxy) is 3. The van der Waals surface area contributed by atoms with Crippen LogP contribution in [-0.4, -0.2) is 148 Å². The molecule has 6 heterocycles. The third kappa shape index (κ3) is 21.7. The standard InChI is InChI=1S/3C16H15ClF4N4O4S2/c3*17-10-7-9(1-2-11(10)18)23-14(26)13-8-12(15-22-3-6-30-15)24-31(27,28)25(13)4-5-29-16(19,20)21/h3*1-3,6-7,12-13,24H,4-5,8H2,(H,23,26)/t2*12-,13+;/m10./s1. The Kier molecular flexibility index (Phi) is 25.4. The molecule has 93 heavy (non-hydrogen) atoms. The number of anilines is 3. The fourth-order valence-corrected chi connectivity index (χ4v) is 16.3. The van der Waals surface area contributed by atoms with Gasteiger partial charge in [-0.05, 0) is 73.9 Å². The van der Waals surface area contributed by atoms with Crippen molar-refractivity contribution in [2.24, 2.45) is 0 Å². The maximum absolute atomic E-state index is 13.3. The van der Waals surface area contributed by atoms with Gasteiger partial charge in [-0.15, -0.1) is 73.5 Å². The molecule has 0 spiro atoms. The van der Waals surface area contributed by atoms with E-state index in [0.29, 0.717) is 27.9 Å². The fraction of sp³-hybridized carbons (Fsp3) is 0.375. The van der Waals surface area contributed by atoms with E-state index in [4.69, 9.17) is 34.8 Å². The molecular formula is C48H45Cl3F12N12O12S6. The summed E-state index contributed by atoms with van der Waals surface area (Å²) >= 11 is 20.5. The zero-order valence-corrected chi connectivity index (χ0v) is 53.4. The predicted octanol–water partition coefficient (Wildman–Crippen LogP) is 9.18. The first-order chi connectivity index (χ1) is 43.4. The van der Waals surface area contributed by atoms with E-state index in [2.05, 4.69) is 59.3 Å². The first-order valence-electron chi connectivity index (χ1n) is 25.8. The van der Waals surface area contributed by atoms with Gasteiger partial charge >= 0.3 is 19.1 Å². The van der Waals surface area contributed by atoms with E-state index in [1.54, 1.807) is 16.1 Å². The fourth-order valence-electron chi connectivity index (χ4n) is 8.78. The third-order valence-electron chi connectivity index (χ3n) is 12.7. The average Bonchev–Trinajstić information content (AvgIpc) is 1.55. The number of nitrogens with zero attached hydrogens (tertiary/aromatic N) is 6.